The fourth-order valence-corrected chi connectivity index (χ4v) is 2.11. The molecule has 0 saturated heterocycles. The van der Waals surface area contributed by atoms with Crippen LogP contribution in [0.2, 0.25) is 0 Å². The van der Waals surface area contributed by atoms with E-state index >= 15 is 0 Å². The van der Waals surface area contributed by atoms with Crippen LogP contribution in [0.15, 0.2) is 34.3 Å². The number of hydrogen-bond donors (Lipinski definition) is 2. The second-order valence-corrected chi connectivity index (χ2v) is 4.35. The molecule has 18 heavy (non-hydrogen) atoms. The number of carbonyl (C=O) groups is 2. The summed E-state index contributed by atoms with van der Waals surface area (Å²) < 4.78 is 20.3. The Morgan fingerprint density at radius 1 is 1.50 bits per heavy atom. The van der Waals surface area contributed by atoms with E-state index < -0.39 is 30.0 Å². The van der Waals surface area contributed by atoms with Gasteiger partial charge in [-0.1, -0.05) is 6.92 Å². The molecule has 1 aliphatic heterocycles. The molecule has 2 rings (SSSR count). The van der Waals surface area contributed by atoms with Crippen molar-refractivity contribution in [1.82, 2.24) is 0 Å². The third-order valence-corrected chi connectivity index (χ3v) is 3.32. The fourth-order valence-electron chi connectivity index (χ4n) is 2.11. The van der Waals surface area contributed by atoms with E-state index in [0.29, 0.717) is 5.57 Å². The van der Waals surface area contributed by atoms with Crippen molar-refractivity contribution in [3.05, 3.63) is 34.3 Å². The number of ether oxygens (including phenoxy) is 1. The van der Waals surface area contributed by atoms with Gasteiger partial charge in [-0.15, -0.1) is 0 Å². The lowest BCUT2D eigenvalue weighted by Crippen LogP contribution is -2.32. The molecule has 2 N–H and O–H groups in total. The molecule has 0 aromatic heterocycles. The summed E-state index contributed by atoms with van der Waals surface area (Å²) in [7, 11) is 0. The standard InChI is InChI=1S/C13H14O5/c1-5-7(3)18-4-8-9(5)6(2)11(14)10(12(8)15)13(16)17/h4-5,7,14H,1-3H3,(H,16,17)/t5-,7-/m0/s1/i2D2,13+1. The Morgan fingerprint density at radius 3 is 2.72 bits per heavy atom. The minimum absolute atomic E-state index is 0.00491. The van der Waals surface area contributed by atoms with Gasteiger partial charge < -0.3 is 14.9 Å². The normalized spacial score (nSPS) is 29.5. The summed E-state index contributed by atoms with van der Waals surface area (Å²) in [5.74, 6) is -3.56. The maximum atomic E-state index is 12.1. The van der Waals surface area contributed by atoms with E-state index in [9.17, 15) is 14.7 Å². The van der Waals surface area contributed by atoms with Crippen LogP contribution in [0.25, 0.3) is 0 Å². The molecule has 2 aliphatic rings. The molecule has 0 unspecified atom stereocenters. The zero-order valence-corrected chi connectivity index (χ0v) is 9.93. The second kappa shape index (κ2) is 4.01. The lowest BCUT2D eigenvalue weighted by Gasteiger charge is -2.32. The molecule has 5 heteroatoms. The SMILES string of the molecule is [2H]C([2H])C1=C2C(=CO[C@@H](C)[C@@H]2C)C(=O)C([13C](=O)O)=C1O. The lowest BCUT2D eigenvalue weighted by atomic mass is 9.79. The van der Waals surface area contributed by atoms with E-state index in [0.717, 1.165) is 6.26 Å². The van der Waals surface area contributed by atoms with Gasteiger partial charge in [-0.25, -0.2) is 4.79 Å². The first kappa shape index (κ1) is 9.94. The van der Waals surface area contributed by atoms with Gasteiger partial charge in [0.25, 0.3) is 0 Å². The number of aliphatic carboxylic acids is 1. The first-order valence-corrected chi connectivity index (χ1v) is 5.43. The van der Waals surface area contributed by atoms with Crippen molar-refractivity contribution in [2.45, 2.75) is 26.8 Å². The maximum absolute atomic E-state index is 12.1. The van der Waals surface area contributed by atoms with Crippen molar-refractivity contribution in [1.29, 1.82) is 0 Å². The van der Waals surface area contributed by atoms with Crippen LogP contribution in [0.4, 0.5) is 0 Å². The first-order chi connectivity index (χ1) is 9.27. The van der Waals surface area contributed by atoms with Gasteiger partial charge in [0.1, 0.15) is 17.4 Å². The summed E-state index contributed by atoms with van der Waals surface area (Å²) in [6, 6.07) is 0. The van der Waals surface area contributed by atoms with Crippen molar-refractivity contribution in [3.8, 4) is 0 Å². The number of rotatable bonds is 1. The van der Waals surface area contributed by atoms with E-state index in [4.69, 9.17) is 12.6 Å². The molecule has 1 heterocycles. The van der Waals surface area contributed by atoms with Crippen molar-refractivity contribution in [2.75, 3.05) is 0 Å². The smallest absolute Gasteiger partial charge is 0.343 e. The van der Waals surface area contributed by atoms with Gasteiger partial charge >= 0.3 is 5.97 Å². The Labute approximate surface area is 107 Å². The van der Waals surface area contributed by atoms with Crippen LogP contribution in [-0.2, 0) is 14.3 Å². The number of carbonyl (C=O) groups excluding carboxylic acids is 1. The quantitative estimate of drug-likeness (QED) is 0.549. The van der Waals surface area contributed by atoms with Gasteiger partial charge in [0.2, 0.25) is 5.78 Å². The molecular weight excluding hydrogens is 237 g/mol. The number of aliphatic hydroxyl groups excluding tert-OH is 1. The topological polar surface area (TPSA) is 83.8 Å². The van der Waals surface area contributed by atoms with E-state index in [-0.39, 0.29) is 23.2 Å². The highest BCUT2D eigenvalue weighted by Crippen LogP contribution is 2.39. The van der Waals surface area contributed by atoms with Gasteiger partial charge in [-0.3, -0.25) is 4.79 Å². The van der Waals surface area contributed by atoms with Crippen molar-refractivity contribution in [3.63, 3.8) is 0 Å². The Kier molecular flexibility index (Phi) is 2.21. The highest BCUT2D eigenvalue weighted by Gasteiger charge is 2.39. The highest BCUT2D eigenvalue weighted by atomic mass is 16.5. The Hall–Kier alpha value is -2.04. The molecule has 0 bridgehead atoms. The Balaban J connectivity index is 2.78. The van der Waals surface area contributed by atoms with Gasteiger partial charge in [0, 0.05) is 8.66 Å². The van der Waals surface area contributed by atoms with Crippen molar-refractivity contribution in [2.24, 2.45) is 5.92 Å². The number of carboxylic acids is 1. The van der Waals surface area contributed by atoms with Gasteiger partial charge in [-0.2, -0.15) is 0 Å². The molecular formula is C13H14O5. The summed E-state index contributed by atoms with van der Waals surface area (Å²) in [5.41, 5.74) is -0.627. The van der Waals surface area contributed by atoms with E-state index in [1.807, 2.05) is 0 Å². The van der Waals surface area contributed by atoms with Crippen molar-refractivity contribution < 1.29 is 27.3 Å². The summed E-state index contributed by atoms with van der Waals surface area (Å²) >= 11 is 0. The molecule has 5 nitrogen and oxygen atoms in total. The molecule has 0 radical (unpaired) electrons. The van der Waals surface area contributed by atoms with E-state index in [2.05, 4.69) is 0 Å². The number of aliphatic hydroxyl groups is 1. The number of carboxylic acid groups (broad SMARTS) is 1. The van der Waals surface area contributed by atoms with Gasteiger partial charge in [0.05, 0.1) is 11.8 Å². The predicted octanol–water partition coefficient (Wildman–Crippen LogP) is 1.72. The van der Waals surface area contributed by atoms with Crippen LogP contribution in [0.5, 0.6) is 0 Å². The fraction of sp³-hybridized carbons (Fsp3) is 0.385. The van der Waals surface area contributed by atoms with Crippen LogP contribution >= 0.6 is 0 Å². The van der Waals surface area contributed by atoms with Crippen LogP contribution in [0.3, 0.4) is 0 Å². The number of fused-ring (bicyclic) bond motifs is 1. The molecule has 1 aliphatic carbocycles. The minimum Gasteiger partial charge on any atom is -0.507 e. The summed E-state index contributed by atoms with van der Waals surface area (Å²) in [6.45, 7) is 1.90. The third kappa shape index (κ3) is 1.54. The zero-order chi connectivity index (χ0) is 15.2. The number of Topliss-reactive ketones (excluding diaryl/α,β-unsaturated/α-hetero) is 1. The summed E-state index contributed by atoms with van der Waals surface area (Å²) in [4.78, 5) is 23.2. The number of allylic oxidation sites excluding steroid dienone is 2. The Morgan fingerprint density at radius 2 is 2.17 bits per heavy atom. The predicted molar refractivity (Wildman–Crippen MR) is 62.8 cm³/mol. The number of ketones is 1. The van der Waals surface area contributed by atoms with Gasteiger partial charge in [0.15, 0.2) is 0 Å². The summed E-state index contributed by atoms with van der Waals surface area (Å²) in [6.07, 6.45) is 0.856. The maximum Gasteiger partial charge on any atom is 0.343 e. The lowest BCUT2D eigenvalue weighted by molar-refractivity contribution is -0.134. The highest BCUT2D eigenvalue weighted by molar-refractivity contribution is 6.26. The van der Waals surface area contributed by atoms with Crippen LogP contribution in [-0.4, -0.2) is 28.1 Å². The Bertz CT molecular complexity index is 586. The van der Waals surface area contributed by atoms with E-state index in [1.165, 1.54) is 0 Å². The number of hydrogen-bond acceptors (Lipinski definition) is 4. The minimum atomic E-state index is -1.59. The van der Waals surface area contributed by atoms with Crippen LogP contribution in [0.1, 0.15) is 23.5 Å². The molecule has 0 saturated carbocycles. The third-order valence-electron chi connectivity index (χ3n) is 3.32. The van der Waals surface area contributed by atoms with Crippen molar-refractivity contribution >= 4 is 11.8 Å². The zero-order valence-electron chi connectivity index (χ0n) is 11.9. The molecule has 0 fully saturated rings. The second-order valence-electron chi connectivity index (χ2n) is 4.35. The summed E-state index contributed by atoms with van der Waals surface area (Å²) in [5, 5.41) is 19.0. The molecule has 96 valence electrons. The van der Waals surface area contributed by atoms with E-state index in [1.54, 1.807) is 13.8 Å². The monoisotopic (exact) mass is 253 g/mol. The van der Waals surface area contributed by atoms with Crippen LogP contribution < -0.4 is 0 Å². The largest absolute Gasteiger partial charge is 0.507 e. The molecule has 0 aromatic rings. The van der Waals surface area contributed by atoms with Crippen LogP contribution in [0, 0.1) is 5.92 Å². The molecule has 0 aromatic carbocycles. The molecule has 2 atom stereocenters. The average Bonchev–Trinajstić information content (AvgIpc) is 2.33. The van der Waals surface area contributed by atoms with Gasteiger partial charge in [-0.05, 0) is 24.9 Å². The average molecular weight is 253 g/mol. The molecule has 0 amide bonds. The molecule has 0 spiro atoms. The first-order valence-electron chi connectivity index (χ1n) is 6.59.